The smallest absolute Gasteiger partial charge is 0.267 e. The Morgan fingerprint density at radius 3 is 2.11 bits per heavy atom. The lowest BCUT2D eigenvalue weighted by Crippen LogP contribution is -2.17. The Bertz CT molecular complexity index is 508. The van der Waals surface area contributed by atoms with Crippen molar-refractivity contribution in [1.82, 2.24) is 5.43 Å². The van der Waals surface area contributed by atoms with Crippen molar-refractivity contribution in [2.24, 2.45) is 5.10 Å². The van der Waals surface area contributed by atoms with Gasteiger partial charge in [0, 0.05) is 18.3 Å². The molecule has 94 valence electrons. The van der Waals surface area contributed by atoms with E-state index in [-0.39, 0.29) is 5.56 Å². The normalized spacial score (nSPS) is 10.3. The summed E-state index contributed by atoms with van der Waals surface area (Å²) in [6, 6.07) is 2.65. The molecule has 0 aliphatic rings. The number of nitrogens with zero attached hydrogens (tertiary/aromatic N) is 3. The van der Waals surface area contributed by atoms with E-state index in [0.29, 0.717) is 0 Å². The summed E-state index contributed by atoms with van der Waals surface area (Å²) in [5.74, 6) is -0.764. The van der Waals surface area contributed by atoms with Crippen molar-refractivity contribution >= 4 is 23.5 Å². The van der Waals surface area contributed by atoms with Crippen LogP contribution in [0.15, 0.2) is 23.3 Å². The molecule has 0 bridgehead atoms. The zero-order chi connectivity index (χ0) is 13.7. The standard InChI is InChI=1S/C9H8N4O5/c1-2-10-11-9(14)6-3-7(12(15)16)5-8(4-6)13(17)18/h2-5H,1H3,(H,11,14)/b10-2+. The van der Waals surface area contributed by atoms with Crippen molar-refractivity contribution in [3.8, 4) is 0 Å². The van der Waals surface area contributed by atoms with Gasteiger partial charge in [0.25, 0.3) is 17.3 Å². The fourth-order valence-corrected chi connectivity index (χ4v) is 1.12. The molecule has 0 radical (unpaired) electrons. The molecule has 1 aromatic rings. The van der Waals surface area contributed by atoms with Gasteiger partial charge in [-0.15, -0.1) is 0 Å². The summed E-state index contributed by atoms with van der Waals surface area (Å²) >= 11 is 0. The average molecular weight is 252 g/mol. The van der Waals surface area contributed by atoms with E-state index in [1.165, 1.54) is 6.21 Å². The number of hydrogen-bond donors (Lipinski definition) is 1. The third kappa shape index (κ3) is 3.07. The number of rotatable bonds is 4. The lowest BCUT2D eigenvalue weighted by molar-refractivity contribution is -0.394. The number of amides is 1. The van der Waals surface area contributed by atoms with Crippen LogP contribution in [0.25, 0.3) is 0 Å². The lowest BCUT2D eigenvalue weighted by atomic mass is 10.1. The minimum atomic E-state index is -0.813. The van der Waals surface area contributed by atoms with Crippen LogP contribution < -0.4 is 5.43 Å². The highest BCUT2D eigenvalue weighted by atomic mass is 16.6. The molecule has 0 unspecified atom stereocenters. The van der Waals surface area contributed by atoms with E-state index in [2.05, 4.69) is 10.5 Å². The summed E-state index contributed by atoms with van der Waals surface area (Å²) in [4.78, 5) is 31.0. The molecule has 1 N–H and O–H groups in total. The molecular weight excluding hydrogens is 244 g/mol. The summed E-state index contributed by atoms with van der Waals surface area (Å²) in [5.41, 5.74) is 0.794. The van der Waals surface area contributed by atoms with Crippen LogP contribution in [0, 0.1) is 20.2 Å². The largest absolute Gasteiger partial charge is 0.277 e. The van der Waals surface area contributed by atoms with Crippen molar-refractivity contribution in [3.63, 3.8) is 0 Å². The van der Waals surface area contributed by atoms with Gasteiger partial charge in [-0.2, -0.15) is 5.10 Å². The predicted octanol–water partition coefficient (Wildman–Crippen LogP) is 1.24. The van der Waals surface area contributed by atoms with Gasteiger partial charge in [0.1, 0.15) is 0 Å². The van der Waals surface area contributed by atoms with Gasteiger partial charge in [-0.25, -0.2) is 5.43 Å². The molecule has 9 heteroatoms. The highest BCUT2D eigenvalue weighted by molar-refractivity contribution is 5.95. The SMILES string of the molecule is C/C=N/NC(=O)c1cc([N+](=O)[O-])cc([N+](=O)[O-])c1. The van der Waals surface area contributed by atoms with Gasteiger partial charge in [0.15, 0.2) is 0 Å². The van der Waals surface area contributed by atoms with Crippen LogP contribution in [-0.2, 0) is 0 Å². The molecule has 18 heavy (non-hydrogen) atoms. The van der Waals surface area contributed by atoms with Gasteiger partial charge in [0.05, 0.1) is 21.5 Å². The Morgan fingerprint density at radius 2 is 1.72 bits per heavy atom. The average Bonchev–Trinajstić information content (AvgIpc) is 2.35. The number of carbonyl (C=O) groups excluding carboxylic acids is 1. The van der Waals surface area contributed by atoms with Gasteiger partial charge in [-0.1, -0.05) is 0 Å². The first kappa shape index (κ1) is 13.2. The molecule has 9 nitrogen and oxygen atoms in total. The second-order valence-electron chi connectivity index (χ2n) is 3.08. The number of nitro benzene ring substituents is 2. The third-order valence-corrected chi connectivity index (χ3v) is 1.88. The summed E-state index contributed by atoms with van der Waals surface area (Å²) in [7, 11) is 0. The van der Waals surface area contributed by atoms with Crippen molar-refractivity contribution < 1.29 is 14.6 Å². The maximum absolute atomic E-state index is 11.5. The number of carbonyl (C=O) groups is 1. The van der Waals surface area contributed by atoms with Crippen LogP contribution in [0.4, 0.5) is 11.4 Å². The second kappa shape index (κ2) is 5.48. The monoisotopic (exact) mass is 252 g/mol. The van der Waals surface area contributed by atoms with E-state index >= 15 is 0 Å². The number of nitro groups is 2. The molecule has 0 fully saturated rings. The van der Waals surface area contributed by atoms with Crippen molar-refractivity contribution in [2.75, 3.05) is 0 Å². The van der Waals surface area contributed by atoms with Crippen molar-refractivity contribution in [3.05, 3.63) is 44.0 Å². The first-order valence-corrected chi connectivity index (χ1v) is 4.67. The van der Waals surface area contributed by atoms with Crippen LogP contribution in [0.3, 0.4) is 0 Å². The fourth-order valence-electron chi connectivity index (χ4n) is 1.12. The van der Waals surface area contributed by atoms with Crippen molar-refractivity contribution in [1.29, 1.82) is 0 Å². The lowest BCUT2D eigenvalue weighted by Gasteiger charge is -2.00. The highest BCUT2D eigenvalue weighted by Gasteiger charge is 2.19. The second-order valence-corrected chi connectivity index (χ2v) is 3.08. The molecule has 0 aromatic heterocycles. The summed E-state index contributed by atoms with van der Waals surface area (Å²) in [6.45, 7) is 1.55. The Hall–Kier alpha value is -2.84. The van der Waals surface area contributed by atoms with Crippen LogP contribution in [0.5, 0.6) is 0 Å². The molecule has 1 amide bonds. The van der Waals surface area contributed by atoms with Crippen molar-refractivity contribution in [2.45, 2.75) is 6.92 Å². The number of hydrazone groups is 1. The molecule has 0 heterocycles. The Kier molecular flexibility index (Phi) is 4.02. The molecule has 1 rings (SSSR count). The van der Waals surface area contributed by atoms with E-state index in [1.54, 1.807) is 6.92 Å². The van der Waals surface area contributed by atoms with Crippen LogP contribution in [0.2, 0.25) is 0 Å². The fraction of sp³-hybridized carbons (Fsp3) is 0.111. The Labute approximate surface area is 100 Å². The zero-order valence-electron chi connectivity index (χ0n) is 9.19. The number of benzene rings is 1. The van der Waals surface area contributed by atoms with E-state index < -0.39 is 27.1 Å². The minimum Gasteiger partial charge on any atom is -0.267 e. The Balaban J connectivity index is 3.22. The molecule has 0 aliphatic carbocycles. The number of non-ortho nitro benzene ring substituents is 2. The van der Waals surface area contributed by atoms with Gasteiger partial charge < -0.3 is 0 Å². The first-order valence-electron chi connectivity index (χ1n) is 4.67. The minimum absolute atomic E-state index is 0.207. The summed E-state index contributed by atoms with van der Waals surface area (Å²) in [5, 5.41) is 24.6. The van der Waals surface area contributed by atoms with E-state index in [0.717, 1.165) is 18.2 Å². The molecular formula is C9H8N4O5. The molecule has 1 aromatic carbocycles. The van der Waals surface area contributed by atoms with Crippen LogP contribution in [0.1, 0.15) is 17.3 Å². The third-order valence-electron chi connectivity index (χ3n) is 1.88. The Morgan fingerprint density at radius 1 is 1.22 bits per heavy atom. The summed E-state index contributed by atoms with van der Waals surface area (Å²) in [6.07, 6.45) is 1.30. The predicted molar refractivity (Wildman–Crippen MR) is 61.4 cm³/mol. The molecule has 0 saturated carbocycles. The maximum atomic E-state index is 11.5. The highest BCUT2D eigenvalue weighted by Crippen LogP contribution is 2.22. The quantitative estimate of drug-likeness (QED) is 0.489. The number of hydrogen-bond acceptors (Lipinski definition) is 6. The van der Waals surface area contributed by atoms with E-state index in [1.807, 2.05) is 0 Å². The van der Waals surface area contributed by atoms with Crippen LogP contribution in [-0.4, -0.2) is 22.0 Å². The molecule has 0 saturated heterocycles. The van der Waals surface area contributed by atoms with Crippen LogP contribution >= 0.6 is 0 Å². The number of nitrogens with one attached hydrogen (secondary N) is 1. The molecule has 0 atom stereocenters. The van der Waals surface area contributed by atoms with Gasteiger partial charge in [0.2, 0.25) is 0 Å². The van der Waals surface area contributed by atoms with Gasteiger partial charge in [-0.05, 0) is 6.92 Å². The van der Waals surface area contributed by atoms with Gasteiger partial charge in [-0.3, -0.25) is 25.0 Å². The zero-order valence-corrected chi connectivity index (χ0v) is 9.19. The molecule has 0 aliphatic heterocycles. The topological polar surface area (TPSA) is 128 Å². The van der Waals surface area contributed by atoms with Gasteiger partial charge >= 0.3 is 0 Å². The van der Waals surface area contributed by atoms with E-state index in [4.69, 9.17) is 0 Å². The first-order chi connectivity index (χ1) is 8.45. The molecule has 0 spiro atoms. The maximum Gasteiger partial charge on any atom is 0.277 e. The van der Waals surface area contributed by atoms with E-state index in [9.17, 15) is 25.0 Å². The summed E-state index contributed by atoms with van der Waals surface area (Å²) < 4.78 is 0.